The smallest absolute Gasteiger partial charge is 0.218 e. The average molecular weight is 240 g/mol. The van der Waals surface area contributed by atoms with Crippen molar-refractivity contribution < 1.29 is 9.47 Å². The van der Waals surface area contributed by atoms with E-state index >= 15 is 0 Å². The zero-order valence-electron chi connectivity index (χ0n) is 10.6. The zero-order valence-corrected chi connectivity index (χ0v) is 10.6. The number of nitrogens with one attached hydrogen (secondary N) is 1. The van der Waals surface area contributed by atoms with Crippen LogP contribution in [-0.4, -0.2) is 29.8 Å². The molecule has 1 aromatic heterocycles. The third-order valence-corrected chi connectivity index (χ3v) is 2.07. The molecule has 17 heavy (non-hydrogen) atoms. The van der Waals surface area contributed by atoms with Crippen molar-refractivity contribution in [1.29, 1.82) is 0 Å². The van der Waals surface area contributed by atoms with Crippen molar-refractivity contribution >= 4 is 5.82 Å². The van der Waals surface area contributed by atoms with E-state index in [2.05, 4.69) is 15.4 Å². The number of aromatic nitrogens is 2. The fourth-order valence-corrected chi connectivity index (χ4v) is 1.20. The summed E-state index contributed by atoms with van der Waals surface area (Å²) in [7, 11) is 0. The first-order valence-electron chi connectivity index (χ1n) is 5.73. The van der Waals surface area contributed by atoms with E-state index in [1.54, 1.807) is 6.07 Å². The van der Waals surface area contributed by atoms with Gasteiger partial charge < -0.3 is 14.9 Å². The number of nitrogen functional groups attached to an aromatic ring is 1. The molecule has 0 aromatic carbocycles. The maximum Gasteiger partial charge on any atom is 0.218 e. The molecule has 0 atom stereocenters. The van der Waals surface area contributed by atoms with Gasteiger partial charge in [0.15, 0.2) is 0 Å². The van der Waals surface area contributed by atoms with Gasteiger partial charge in [0.2, 0.25) is 5.88 Å². The second-order valence-electron chi connectivity index (χ2n) is 3.79. The molecule has 0 amide bonds. The maximum absolute atomic E-state index is 5.47. The molecule has 0 saturated heterocycles. The van der Waals surface area contributed by atoms with E-state index in [9.17, 15) is 0 Å². The molecule has 0 radical (unpaired) electrons. The van der Waals surface area contributed by atoms with E-state index in [1.807, 2.05) is 20.8 Å². The highest BCUT2D eigenvalue weighted by atomic mass is 16.5. The highest BCUT2D eigenvalue weighted by molar-refractivity contribution is 5.37. The van der Waals surface area contributed by atoms with E-state index in [-0.39, 0.29) is 5.92 Å². The molecule has 0 fully saturated rings. The summed E-state index contributed by atoms with van der Waals surface area (Å²) < 4.78 is 10.7. The molecule has 0 aliphatic carbocycles. The Balaban J connectivity index is 2.66. The van der Waals surface area contributed by atoms with Gasteiger partial charge in [-0.3, -0.25) is 0 Å². The molecule has 1 heterocycles. The molecule has 0 unspecified atom stereocenters. The minimum atomic E-state index is 0.220. The van der Waals surface area contributed by atoms with Crippen LogP contribution in [0.2, 0.25) is 0 Å². The summed E-state index contributed by atoms with van der Waals surface area (Å²) in [6, 6.07) is 1.66. The van der Waals surface area contributed by atoms with Crippen LogP contribution in [0.5, 0.6) is 5.88 Å². The second kappa shape index (κ2) is 7.03. The molecular weight excluding hydrogens is 220 g/mol. The van der Waals surface area contributed by atoms with Crippen molar-refractivity contribution in [2.75, 3.05) is 25.2 Å². The zero-order chi connectivity index (χ0) is 12.7. The number of hydrogen-bond donors (Lipinski definition) is 2. The summed E-state index contributed by atoms with van der Waals surface area (Å²) in [5.41, 5.74) is 2.50. The summed E-state index contributed by atoms with van der Waals surface area (Å²) in [6.45, 7) is 7.66. The Bertz CT molecular complexity index is 344. The first-order valence-corrected chi connectivity index (χ1v) is 5.73. The first-order chi connectivity index (χ1) is 8.17. The van der Waals surface area contributed by atoms with Crippen molar-refractivity contribution in [3.05, 3.63) is 11.9 Å². The highest BCUT2D eigenvalue weighted by Crippen LogP contribution is 2.17. The summed E-state index contributed by atoms with van der Waals surface area (Å²) in [4.78, 5) is 8.53. The predicted molar refractivity (Wildman–Crippen MR) is 65.9 cm³/mol. The molecule has 1 aromatic rings. The molecule has 0 aliphatic rings. The topological polar surface area (TPSA) is 82.3 Å². The van der Waals surface area contributed by atoms with Gasteiger partial charge in [0.1, 0.15) is 18.2 Å². The van der Waals surface area contributed by atoms with Gasteiger partial charge in [-0.1, -0.05) is 13.8 Å². The van der Waals surface area contributed by atoms with Crippen LogP contribution in [0.15, 0.2) is 6.07 Å². The first kappa shape index (κ1) is 13.7. The molecule has 3 N–H and O–H groups in total. The molecule has 0 saturated carbocycles. The number of rotatable bonds is 7. The van der Waals surface area contributed by atoms with Gasteiger partial charge in [0.25, 0.3) is 0 Å². The number of ether oxygens (including phenoxy) is 2. The quantitative estimate of drug-likeness (QED) is 0.424. The third-order valence-electron chi connectivity index (χ3n) is 2.07. The fourth-order valence-electron chi connectivity index (χ4n) is 1.20. The van der Waals surface area contributed by atoms with Crippen molar-refractivity contribution in [3.63, 3.8) is 0 Å². The van der Waals surface area contributed by atoms with Gasteiger partial charge in [0.05, 0.1) is 6.61 Å². The number of hydrazine groups is 1. The number of anilines is 1. The Morgan fingerprint density at radius 2 is 2.12 bits per heavy atom. The van der Waals surface area contributed by atoms with Crippen LogP contribution in [0.3, 0.4) is 0 Å². The Kier molecular flexibility index (Phi) is 5.65. The van der Waals surface area contributed by atoms with Gasteiger partial charge >= 0.3 is 0 Å². The van der Waals surface area contributed by atoms with E-state index in [0.29, 0.717) is 37.3 Å². The van der Waals surface area contributed by atoms with Crippen LogP contribution in [0.1, 0.15) is 32.5 Å². The SMILES string of the molecule is CCOCCOc1cc(NN)nc(C(C)C)n1. The van der Waals surface area contributed by atoms with Crippen molar-refractivity contribution in [1.82, 2.24) is 9.97 Å². The van der Waals surface area contributed by atoms with Crippen molar-refractivity contribution in [2.24, 2.45) is 5.84 Å². The molecule has 6 nitrogen and oxygen atoms in total. The molecule has 0 bridgehead atoms. The van der Waals surface area contributed by atoms with Crippen LogP contribution >= 0.6 is 0 Å². The van der Waals surface area contributed by atoms with Gasteiger partial charge in [-0.05, 0) is 6.92 Å². The second-order valence-corrected chi connectivity index (χ2v) is 3.79. The molecule has 0 aliphatic heterocycles. The lowest BCUT2D eigenvalue weighted by atomic mass is 10.2. The van der Waals surface area contributed by atoms with Gasteiger partial charge in [-0.25, -0.2) is 10.8 Å². The Hall–Kier alpha value is -1.40. The van der Waals surface area contributed by atoms with Gasteiger partial charge in [-0.2, -0.15) is 4.98 Å². The van der Waals surface area contributed by atoms with Crippen molar-refractivity contribution in [2.45, 2.75) is 26.7 Å². The lowest BCUT2D eigenvalue weighted by molar-refractivity contribution is 0.108. The standard InChI is InChI=1S/C11H20N4O2/c1-4-16-5-6-17-10-7-9(15-12)13-11(14-10)8(2)3/h7-8H,4-6,12H2,1-3H3,(H,13,14,15). The Morgan fingerprint density at radius 3 is 2.71 bits per heavy atom. The summed E-state index contributed by atoms with van der Waals surface area (Å²) in [6.07, 6.45) is 0. The van der Waals surface area contributed by atoms with Crippen LogP contribution in [-0.2, 0) is 4.74 Å². The highest BCUT2D eigenvalue weighted by Gasteiger charge is 2.08. The van der Waals surface area contributed by atoms with Gasteiger partial charge in [-0.15, -0.1) is 0 Å². The number of nitrogens with two attached hydrogens (primary N) is 1. The Labute approximate surface area is 102 Å². The van der Waals surface area contributed by atoms with Gasteiger partial charge in [0, 0.05) is 18.6 Å². The number of nitrogens with zero attached hydrogens (tertiary/aromatic N) is 2. The molecule has 1 rings (SSSR count). The normalized spacial score (nSPS) is 10.6. The maximum atomic E-state index is 5.47. The van der Waals surface area contributed by atoms with E-state index in [0.717, 1.165) is 0 Å². The van der Waals surface area contributed by atoms with Crippen LogP contribution < -0.4 is 16.0 Å². The van der Waals surface area contributed by atoms with E-state index in [1.165, 1.54) is 0 Å². The lowest BCUT2D eigenvalue weighted by Crippen LogP contribution is -2.13. The van der Waals surface area contributed by atoms with Crippen molar-refractivity contribution in [3.8, 4) is 5.88 Å². The van der Waals surface area contributed by atoms with E-state index in [4.69, 9.17) is 15.3 Å². The molecule has 6 heteroatoms. The summed E-state index contributed by atoms with van der Waals surface area (Å²) in [5.74, 6) is 7.33. The predicted octanol–water partition coefficient (Wildman–Crippen LogP) is 1.30. The monoisotopic (exact) mass is 240 g/mol. The van der Waals surface area contributed by atoms with Crippen LogP contribution in [0, 0.1) is 0 Å². The van der Waals surface area contributed by atoms with Crippen LogP contribution in [0.4, 0.5) is 5.82 Å². The van der Waals surface area contributed by atoms with E-state index < -0.39 is 0 Å². The number of hydrogen-bond acceptors (Lipinski definition) is 6. The third kappa shape index (κ3) is 4.54. The minimum absolute atomic E-state index is 0.220. The molecule has 96 valence electrons. The summed E-state index contributed by atoms with van der Waals surface area (Å²) >= 11 is 0. The molecular formula is C11H20N4O2. The van der Waals surface area contributed by atoms with Crippen LogP contribution in [0.25, 0.3) is 0 Å². The summed E-state index contributed by atoms with van der Waals surface area (Å²) in [5, 5.41) is 0. The lowest BCUT2D eigenvalue weighted by Gasteiger charge is -2.10. The Morgan fingerprint density at radius 1 is 1.35 bits per heavy atom. The minimum Gasteiger partial charge on any atom is -0.475 e. The fraction of sp³-hybridized carbons (Fsp3) is 0.636. The largest absolute Gasteiger partial charge is 0.475 e. The molecule has 0 spiro atoms. The average Bonchev–Trinajstić information content (AvgIpc) is 2.34.